The zero-order valence-electron chi connectivity index (χ0n) is 9.89. The Hall–Kier alpha value is -0.980. The fraction of sp³-hybridized carbons (Fsp3) is 0.500. The van der Waals surface area contributed by atoms with Crippen LogP contribution in [0.1, 0.15) is 18.4 Å². The van der Waals surface area contributed by atoms with Gasteiger partial charge in [-0.2, -0.15) is 0 Å². The van der Waals surface area contributed by atoms with Crippen LogP contribution < -0.4 is 5.73 Å². The monoisotopic (exact) mass is 314 g/mol. The molecule has 98 valence electrons. The third-order valence-electron chi connectivity index (χ3n) is 3.28. The summed E-state index contributed by atoms with van der Waals surface area (Å²) in [5.74, 6) is 0. The maximum atomic E-state index is 11.0. The fourth-order valence-corrected chi connectivity index (χ4v) is 2.54. The maximum Gasteiger partial charge on any atom is 0.273 e. The molecule has 18 heavy (non-hydrogen) atoms. The van der Waals surface area contributed by atoms with E-state index in [4.69, 9.17) is 10.5 Å². The zero-order valence-corrected chi connectivity index (χ0v) is 11.5. The quantitative estimate of drug-likeness (QED) is 0.686. The first kappa shape index (κ1) is 13.5. The number of benzene rings is 1. The zero-order chi connectivity index (χ0) is 13.2. The van der Waals surface area contributed by atoms with Gasteiger partial charge in [0.15, 0.2) is 0 Å². The maximum absolute atomic E-state index is 11.0. The first-order chi connectivity index (χ1) is 8.50. The summed E-state index contributed by atoms with van der Waals surface area (Å²) in [6, 6.07) is 5.11. The number of nitro benzene ring substituents is 1. The van der Waals surface area contributed by atoms with Gasteiger partial charge in [0.25, 0.3) is 5.69 Å². The molecule has 1 aliphatic heterocycles. The Bertz CT molecular complexity index is 459. The molecule has 0 amide bonds. The highest BCUT2D eigenvalue weighted by Crippen LogP contribution is 2.29. The van der Waals surface area contributed by atoms with Crippen molar-refractivity contribution in [1.29, 1.82) is 0 Å². The van der Waals surface area contributed by atoms with Crippen molar-refractivity contribution in [2.24, 2.45) is 5.73 Å². The van der Waals surface area contributed by atoms with E-state index in [9.17, 15) is 10.1 Å². The second kappa shape index (κ2) is 5.34. The first-order valence-electron chi connectivity index (χ1n) is 5.80. The average molecular weight is 315 g/mol. The van der Waals surface area contributed by atoms with Crippen molar-refractivity contribution < 1.29 is 9.66 Å². The molecule has 0 radical (unpaired) electrons. The molecule has 1 saturated heterocycles. The smallest absolute Gasteiger partial charge is 0.273 e. The molecule has 0 aliphatic carbocycles. The van der Waals surface area contributed by atoms with Crippen LogP contribution in [0.25, 0.3) is 0 Å². The van der Waals surface area contributed by atoms with Crippen LogP contribution in [0.4, 0.5) is 5.69 Å². The van der Waals surface area contributed by atoms with Gasteiger partial charge in [0, 0.05) is 34.9 Å². The molecule has 0 atom stereocenters. The lowest BCUT2D eigenvalue weighted by Gasteiger charge is -2.33. The van der Waals surface area contributed by atoms with Gasteiger partial charge in [-0.15, -0.1) is 0 Å². The SMILES string of the molecule is NC1(Cc2ccc(Br)cc2[N+](=O)[O-])CCOCC1. The number of rotatable bonds is 3. The lowest BCUT2D eigenvalue weighted by atomic mass is 9.84. The highest BCUT2D eigenvalue weighted by molar-refractivity contribution is 9.10. The standard InChI is InChI=1S/C12H15BrN2O3/c13-10-2-1-9(11(7-10)15(16)17)8-12(14)3-5-18-6-4-12/h1-2,7H,3-6,8,14H2. The van der Waals surface area contributed by atoms with E-state index in [0.29, 0.717) is 29.7 Å². The molecule has 1 aliphatic rings. The van der Waals surface area contributed by atoms with Gasteiger partial charge >= 0.3 is 0 Å². The van der Waals surface area contributed by atoms with Crippen LogP contribution in [0.2, 0.25) is 0 Å². The van der Waals surface area contributed by atoms with Crippen molar-refractivity contribution in [3.8, 4) is 0 Å². The number of nitrogens with zero attached hydrogens (tertiary/aromatic N) is 1. The van der Waals surface area contributed by atoms with Crippen LogP contribution >= 0.6 is 15.9 Å². The molecular weight excluding hydrogens is 300 g/mol. The summed E-state index contributed by atoms with van der Waals surface area (Å²) in [6.07, 6.45) is 1.99. The molecule has 0 saturated carbocycles. The largest absolute Gasteiger partial charge is 0.381 e. The van der Waals surface area contributed by atoms with Gasteiger partial charge in [-0.25, -0.2) is 0 Å². The van der Waals surface area contributed by atoms with Gasteiger partial charge in [-0.3, -0.25) is 10.1 Å². The van der Waals surface area contributed by atoms with Crippen LogP contribution in [0, 0.1) is 10.1 Å². The molecule has 1 aromatic rings. The molecule has 1 fully saturated rings. The van der Waals surface area contributed by atoms with E-state index in [1.165, 1.54) is 6.07 Å². The number of hydrogen-bond acceptors (Lipinski definition) is 4. The number of ether oxygens (including phenoxy) is 1. The van der Waals surface area contributed by atoms with Crippen molar-refractivity contribution in [3.63, 3.8) is 0 Å². The lowest BCUT2D eigenvalue weighted by Crippen LogP contribution is -2.47. The summed E-state index contributed by atoms with van der Waals surface area (Å²) in [5.41, 5.74) is 6.71. The molecule has 0 bridgehead atoms. The molecular formula is C12H15BrN2O3. The van der Waals surface area contributed by atoms with Crippen molar-refractivity contribution in [3.05, 3.63) is 38.3 Å². The van der Waals surface area contributed by atoms with Gasteiger partial charge in [0.2, 0.25) is 0 Å². The third kappa shape index (κ3) is 3.07. The second-order valence-corrected chi connectivity index (χ2v) is 5.60. The highest BCUT2D eigenvalue weighted by atomic mass is 79.9. The van der Waals surface area contributed by atoms with E-state index in [1.807, 2.05) is 6.07 Å². The molecule has 0 spiro atoms. The Morgan fingerprint density at radius 2 is 2.11 bits per heavy atom. The summed E-state index contributed by atoms with van der Waals surface area (Å²) in [6.45, 7) is 1.25. The summed E-state index contributed by atoms with van der Waals surface area (Å²) in [4.78, 5) is 10.7. The minimum Gasteiger partial charge on any atom is -0.381 e. The van der Waals surface area contributed by atoms with E-state index in [0.717, 1.165) is 12.8 Å². The van der Waals surface area contributed by atoms with Gasteiger partial charge < -0.3 is 10.5 Å². The van der Waals surface area contributed by atoms with E-state index in [-0.39, 0.29) is 10.6 Å². The molecule has 1 aromatic carbocycles. The second-order valence-electron chi connectivity index (χ2n) is 4.68. The van der Waals surface area contributed by atoms with Crippen LogP contribution in [0.15, 0.2) is 22.7 Å². The van der Waals surface area contributed by atoms with Gasteiger partial charge in [-0.05, 0) is 25.3 Å². The van der Waals surface area contributed by atoms with E-state index < -0.39 is 5.54 Å². The van der Waals surface area contributed by atoms with E-state index in [2.05, 4.69) is 15.9 Å². The number of hydrogen-bond donors (Lipinski definition) is 1. The van der Waals surface area contributed by atoms with Crippen LogP contribution in [0.5, 0.6) is 0 Å². The molecule has 2 rings (SSSR count). The van der Waals surface area contributed by atoms with Crippen LogP contribution in [-0.4, -0.2) is 23.7 Å². The molecule has 0 aromatic heterocycles. The Kier molecular flexibility index (Phi) is 3.99. The lowest BCUT2D eigenvalue weighted by molar-refractivity contribution is -0.385. The normalized spacial score (nSPS) is 18.6. The first-order valence-corrected chi connectivity index (χ1v) is 6.59. The van der Waals surface area contributed by atoms with Gasteiger partial charge in [0.05, 0.1) is 4.92 Å². The average Bonchev–Trinajstić information content (AvgIpc) is 2.32. The van der Waals surface area contributed by atoms with Crippen molar-refractivity contribution in [1.82, 2.24) is 0 Å². The Morgan fingerprint density at radius 1 is 1.44 bits per heavy atom. The topological polar surface area (TPSA) is 78.4 Å². The minimum atomic E-state index is -0.392. The van der Waals surface area contributed by atoms with Crippen molar-refractivity contribution in [2.45, 2.75) is 24.8 Å². The molecule has 2 N–H and O–H groups in total. The minimum absolute atomic E-state index is 0.126. The Morgan fingerprint density at radius 3 is 2.72 bits per heavy atom. The van der Waals surface area contributed by atoms with Gasteiger partial charge in [0.1, 0.15) is 0 Å². The summed E-state index contributed by atoms with van der Waals surface area (Å²) >= 11 is 3.25. The van der Waals surface area contributed by atoms with Crippen molar-refractivity contribution in [2.75, 3.05) is 13.2 Å². The summed E-state index contributed by atoms with van der Waals surface area (Å²) in [7, 11) is 0. The molecule has 1 heterocycles. The number of nitrogens with two attached hydrogens (primary N) is 1. The van der Waals surface area contributed by atoms with Gasteiger partial charge in [-0.1, -0.05) is 22.0 Å². The van der Waals surface area contributed by atoms with E-state index in [1.54, 1.807) is 6.07 Å². The van der Waals surface area contributed by atoms with Crippen LogP contribution in [-0.2, 0) is 11.2 Å². The Labute approximate surface area is 114 Å². The third-order valence-corrected chi connectivity index (χ3v) is 3.77. The number of nitro groups is 1. The fourth-order valence-electron chi connectivity index (χ4n) is 2.19. The predicted molar refractivity (Wildman–Crippen MR) is 71.5 cm³/mol. The number of halogens is 1. The highest BCUT2D eigenvalue weighted by Gasteiger charge is 2.30. The predicted octanol–water partition coefficient (Wildman–Crippen LogP) is 2.41. The van der Waals surface area contributed by atoms with Crippen LogP contribution in [0.3, 0.4) is 0 Å². The molecule has 6 heteroatoms. The Balaban J connectivity index is 2.25. The summed E-state index contributed by atoms with van der Waals surface area (Å²) < 4.78 is 5.98. The summed E-state index contributed by atoms with van der Waals surface area (Å²) in [5, 5.41) is 11.0. The van der Waals surface area contributed by atoms with Crippen molar-refractivity contribution >= 4 is 21.6 Å². The van der Waals surface area contributed by atoms with E-state index >= 15 is 0 Å². The molecule has 0 unspecified atom stereocenters. The molecule has 5 nitrogen and oxygen atoms in total.